The Kier molecular flexibility index (Phi) is 13.9. The Balaban J connectivity index is 0.000000292. The molecule has 2 amide bonds. The fourth-order valence-corrected chi connectivity index (χ4v) is 10.9. The van der Waals surface area contributed by atoms with Gasteiger partial charge in [-0.3, -0.25) is 19.2 Å². The minimum absolute atomic E-state index is 0.00403. The molecule has 1 atom stereocenters. The summed E-state index contributed by atoms with van der Waals surface area (Å²) in [7, 11) is 0. The van der Waals surface area contributed by atoms with Crippen LogP contribution in [0.2, 0.25) is 0 Å². The van der Waals surface area contributed by atoms with Crippen LogP contribution in [0.3, 0.4) is 0 Å². The van der Waals surface area contributed by atoms with Crippen molar-refractivity contribution in [1.29, 1.82) is 0 Å². The largest absolute Gasteiger partial charge is 0.416 e. The summed E-state index contributed by atoms with van der Waals surface area (Å²) in [6, 6.07) is -2.24. The maximum atomic E-state index is 15.3. The zero-order valence-electron chi connectivity index (χ0n) is 83.8. The van der Waals surface area contributed by atoms with Crippen molar-refractivity contribution in [3.8, 4) is 22.3 Å². The van der Waals surface area contributed by atoms with E-state index in [0.717, 1.165) is 47.6 Å². The van der Waals surface area contributed by atoms with Gasteiger partial charge < -0.3 is 28.7 Å². The van der Waals surface area contributed by atoms with Gasteiger partial charge in [-0.05, 0) is 171 Å². The van der Waals surface area contributed by atoms with E-state index in [1.54, 1.807) is 13.8 Å². The number of aromatic nitrogens is 4. The first-order chi connectivity index (χ1) is 58.5. The molecule has 0 saturated carbocycles. The first-order valence-electron chi connectivity index (χ1n) is 45.3. The molecule has 0 aliphatic heterocycles. The zero-order chi connectivity index (χ0) is 97.3. The summed E-state index contributed by atoms with van der Waals surface area (Å²) in [6.45, 7) is -20.1. The Morgan fingerprint density at radius 2 is 1.15 bits per heavy atom. The van der Waals surface area contributed by atoms with E-state index in [0.29, 0.717) is 46.0 Å². The fraction of sp³-hybridized carbons (Fsp3) is 0.378. The molecule has 0 bridgehead atoms. The van der Waals surface area contributed by atoms with Crippen molar-refractivity contribution in [2.45, 2.75) is 140 Å². The van der Waals surface area contributed by atoms with Gasteiger partial charge in [-0.25, -0.2) is 8.78 Å². The van der Waals surface area contributed by atoms with Gasteiger partial charge in [0.2, 0.25) is 11.8 Å². The number of amides is 2. The molecular formula is C74H80F8N8O4S2. The molecule has 2 aromatic heterocycles. The van der Waals surface area contributed by atoms with Crippen LogP contribution in [0, 0.1) is 18.6 Å². The molecule has 10 rings (SSSR count). The highest BCUT2D eigenvalue weighted by atomic mass is 32.2. The van der Waals surface area contributed by atoms with Crippen molar-refractivity contribution < 1.29 is 88.6 Å². The van der Waals surface area contributed by atoms with E-state index in [1.807, 2.05) is 0 Å². The van der Waals surface area contributed by atoms with Crippen LogP contribution < -0.4 is 11.1 Å². The van der Waals surface area contributed by atoms with Crippen LogP contribution in [0.1, 0.15) is 159 Å². The summed E-state index contributed by atoms with van der Waals surface area (Å²) in [5.41, 5.74) is -12.4. The summed E-state index contributed by atoms with van der Waals surface area (Å²) in [6.07, 6.45) is -20.6. The number of fused-ring (bicyclic) bond motifs is 2. The van der Waals surface area contributed by atoms with Crippen LogP contribution in [0.25, 0.3) is 22.3 Å². The summed E-state index contributed by atoms with van der Waals surface area (Å²) < 4.78 is 393. The summed E-state index contributed by atoms with van der Waals surface area (Å²) in [4.78, 5) is 66.0. The molecule has 1 unspecified atom stereocenters. The van der Waals surface area contributed by atoms with E-state index in [4.69, 9.17) is 28.8 Å². The van der Waals surface area contributed by atoms with Gasteiger partial charge in [0.25, 0.3) is 11.1 Å². The molecule has 508 valence electrons. The second kappa shape index (κ2) is 32.9. The summed E-state index contributed by atoms with van der Waals surface area (Å²) in [5.74, 6) is -7.40. The molecule has 12 nitrogen and oxygen atoms in total. The normalized spacial score (nSPS) is 21.0. The average Bonchev–Trinajstić information content (AvgIpc) is 1.50. The minimum Gasteiger partial charge on any atom is -0.336 e. The average molecular weight is 1390 g/mol. The fourth-order valence-electron chi connectivity index (χ4n) is 9.19. The molecular weight excluding hydrogens is 1280 g/mol. The Labute approximate surface area is 608 Å². The highest BCUT2D eigenvalue weighted by Crippen LogP contribution is 2.36. The van der Waals surface area contributed by atoms with Gasteiger partial charge in [0.1, 0.15) is 24.6 Å². The molecule has 0 radical (unpaired) electrons. The Bertz CT molecular complexity index is 5720. The molecule has 0 N–H and O–H groups in total. The lowest BCUT2D eigenvalue weighted by Crippen LogP contribution is -2.42. The zero-order valence-corrected chi connectivity index (χ0v) is 53.5. The SMILES string of the molecule is [2H]c1c([2H])c(C([2H])([2H])N(C(=O)C([2H])([2H])n2c(SCc3ccc(F)cc3)nc(=O)c3c2C([2H])([2H])C([2H])([2H])C3([2H])[2H])C([2H])([2H])C([2H])([2H])N(CC)CC)c([2H])c([2H])c1-c1c([2H])c([2H])c(C(F)(F)F)c(C)c1[2H].[2H]c1c([2H])c(CSc2nc(=O)c3c(n2C([2H])([2H])C(=O)N(C([2H])(C)c2ccc(-c4ccc(C(F)(F)F)cc4)cc2)C([2H])([2H])C([2H])([2H])N(CC)CC)CCC3)c([2H])c([2H])c1F. The highest BCUT2D eigenvalue weighted by molar-refractivity contribution is 7.98. The standard InChI is InChI=1S/2C37H40F4N4O2S/c1-4-43(5-2)21-22-44(25(3)27-11-13-28(14-12-27)29-15-17-30(18-16-29)37(39,40)41)34(46)23-45-33-8-6-7-32(33)35(47)42-36(45)48-24-26-9-19-31(38)20-10-26;1-4-43(5-2)19-20-44(22-26-9-13-28(14-10-26)29-15-18-32(25(3)21-29)37(39,40)41)34(46)23-45-33-8-6-7-31(33)35(47)42-36(45)48-24-27-11-16-30(38)17-12-27/h9-20,25H,4-8,21-24H2,1-3H3;9-18,21H,4-8,19-20,22-24H2,1-3H3/i9D,10D,19D,20D,21D2,22D2,23D2,25D;6D2,7D2,8D2,9D,10D,13D,14D,15D,18D,19D2,20D2,21D,22D2,23D2. The summed E-state index contributed by atoms with van der Waals surface area (Å²) in [5, 5.41) is -1.55. The predicted molar refractivity (Wildman–Crippen MR) is 363 cm³/mol. The number of nitrogens with zero attached hydrogens (tertiary/aromatic N) is 8. The van der Waals surface area contributed by atoms with Crippen LogP contribution in [-0.2, 0) is 78.5 Å². The lowest BCUT2D eigenvalue weighted by Gasteiger charge is -2.33. The number of halogens is 8. The van der Waals surface area contributed by atoms with Gasteiger partial charge in [-0.1, -0.05) is 148 Å². The smallest absolute Gasteiger partial charge is 0.336 e. The van der Waals surface area contributed by atoms with Crippen molar-refractivity contribution >= 4 is 35.3 Å². The van der Waals surface area contributed by atoms with E-state index in [9.17, 15) is 59.8 Å². The number of alkyl halides is 6. The maximum Gasteiger partial charge on any atom is 0.416 e. The number of thioether (sulfide) groups is 2. The van der Waals surface area contributed by atoms with Gasteiger partial charge in [0, 0.05) is 80.2 Å². The highest BCUT2D eigenvalue weighted by Gasteiger charge is 2.34. The van der Waals surface area contributed by atoms with E-state index in [-0.39, 0.29) is 63.3 Å². The predicted octanol–water partition coefficient (Wildman–Crippen LogP) is 15.3. The topological polar surface area (TPSA) is 117 Å². The molecule has 22 heteroatoms. The Morgan fingerprint density at radius 3 is 1.74 bits per heavy atom. The Hall–Kier alpha value is -7.92. The van der Waals surface area contributed by atoms with Crippen molar-refractivity contribution in [2.24, 2.45) is 0 Å². The molecule has 2 aliphatic carbocycles. The number of hydrogen-bond donors (Lipinski definition) is 0. The van der Waals surface area contributed by atoms with E-state index in [2.05, 4.69) is 9.97 Å². The third-order valence-corrected chi connectivity index (χ3v) is 16.3. The minimum atomic E-state index is -5.29. The number of hydrogen-bond acceptors (Lipinski definition) is 10. The maximum absolute atomic E-state index is 15.3. The van der Waals surface area contributed by atoms with Gasteiger partial charge in [-0.15, -0.1) is 0 Å². The van der Waals surface area contributed by atoms with Gasteiger partial charge in [0.15, 0.2) is 10.3 Å². The van der Waals surface area contributed by atoms with Crippen molar-refractivity contribution in [3.05, 3.63) is 233 Å². The van der Waals surface area contributed by atoms with Crippen LogP contribution in [0.5, 0.6) is 0 Å². The van der Waals surface area contributed by atoms with Gasteiger partial charge >= 0.3 is 12.4 Å². The summed E-state index contributed by atoms with van der Waals surface area (Å²) >= 11 is 0.854. The van der Waals surface area contributed by atoms with Crippen LogP contribution in [0.4, 0.5) is 35.1 Å². The second-order valence-electron chi connectivity index (χ2n) is 20.6. The van der Waals surface area contributed by atoms with Crippen molar-refractivity contribution in [3.63, 3.8) is 0 Å². The molecule has 6 aromatic carbocycles. The molecule has 0 saturated heterocycles. The molecule has 96 heavy (non-hydrogen) atoms. The van der Waals surface area contributed by atoms with Crippen LogP contribution in [-0.4, -0.2) is 103 Å². The second-order valence-corrected chi connectivity index (χ2v) is 22.5. The third-order valence-electron chi connectivity index (χ3n) is 14.4. The van der Waals surface area contributed by atoms with Gasteiger partial charge in [0.05, 0.1) is 47.3 Å². The van der Waals surface area contributed by atoms with Crippen molar-refractivity contribution in [2.75, 3.05) is 52.2 Å². The molecule has 0 spiro atoms. The molecule has 2 aliphatic rings. The van der Waals surface area contributed by atoms with E-state index in [1.165, 1.54) is 62.4 Å². The lowest BCUT2D eigenvalue weighted by molar-refractivity contribution is -0.138. The molecule has 0 fully saturated rings. The first-order valence-corrected chi connectivity index (χ1v) is 31.3. The van der Waals surface area contributed by atoms with Crippen molar-refractivity contribution in [1.82, 2.24) is 38.7 Å². The number of benzene rings is 6. The number of carbonyl (C=O) groups excluding carboxylic acids is 2. The molecule has 2 heterocycles. The third kappa shape index (κ3) is 18.6. The van der Waals surface area contributed by atoms with Crippen LogP contribution in [0.15, 0.2) is 159 Å². The van der Waals surface area contributed by atoms with E-state index >= 15 is 9.59 Å². The van der Waals surface area contributed by atoms with E-state index < -0.39 is 268 Å². The molecule has 8 aromatic rings. The lowest BCUT2D eigenvalue weighted by atomic mass is 9.98. The Morgan fingerprint density at radius 1 is 0.604 bits per heavy atom. The van der Waals surface area contributed by atoms with Crippen LogP contribution >= 0.6 is 23.5 Å². The number of carbonyl (C=O) groups is 2. The first kappa shape index (κ1) is 40.7. The number of likely N-dealkylation sites (N-methyl/N-ethyl adjacent to an activating group) is 2. The number of rotatable bonds is 26. The quantitative estimate of drug-likeness (QED) is 0.0295. The monoisotopic (exact) mass is 1390 g/mol. The van der Waals surface area contributed by atoms with Gasteiger partial charge in [-0.2, -0.15) is 36.3 Å².